The van der Waals surface area contributed by atoms with Crippen molar-refractivity contribution in [2.24, 2.45) is 11.7 Å². The second kappa shape index (κ2) is 5.91. The zero-order chi connectivity index (χ0) is 14.2. The topological polar surface area (TPSA) is 52.7 Å². The van der Waals surface area contributed by atoms with Crippen molar-refractivity contribution in [3.63, 3.8) is 0 Å². The van der Waals surface area contributed by atoms with Crippen LogP contribution in [-0.2, 0) is 0 Å². The van der Waals surface area contributed by atoms with Crippen molar-refractivity contribution in [3.05, 3.63) is 0 Å². The summed E-state index contributed by atoms with van der Waals surface area (Å²) in [6, 6.07) is 1.59. The lowest BCUT2D eigenvalue weighted by molar-refractivity contribution is 0.141. The van der Waals surface area contributed by atoms with Crippen LogP contribution in [0.4, 0.5) is 0 Å². The van der Waals surface area contributed by atoms with Crippen LogP contribution in [0.1, 0.15) is 44.9 Å². The summed E-state index contributed by atoms with van der Waals surface area (Å²) in [6.45, 7) is 3.80. The fraction of sp³-hybridized carbons (Fsp3) is 1.00. The molecule has 0 aromatic carbocycles. The smallest absolute Gasteiger partial charge is 0.0613 e. The molecule has 20 heavy (non-hydrogen) atoms. The Labute approximate surface area is 123 Å². The van der Waals surface area contributed by atoms with Gasteiger partial charge in [0.15, 0.2) is 0 Å². The first-order valence-corrected chi connectivity index (χ1v) is 8.46. The quantitative estimate of drug-likeness (QED) is 0.808. The maximum Gasteiger partial charge on any atom is 0.0613 e. The predicted octanol–water partition coefficient (Wildman–Crippen LogP) is 1.03. The van der Waals surface area contributed by atoms with Crippen molar-refractivity contribution in [1.29, 1.82) is 0 Å². The van der Waals surface area contributed by atoms with E-state index in [0.717, 1.165) is 24.9 Å². The molecule has 2 heterocycles. The third kappa shape index (κ3) is 2.76. The monoisotopic (exact) mass is 281 g/mol. The molecule has 3 N–H and O–H groups in total. The molecule has 4 unspecified atom stereocenters. The van der Waals surface area contributed by atoms with E-state index in [-0.39, 0.29) is 12.1 Å². The van der Waals surface area contributed by atoms with E-state index in [2.05, 4.69) is 16.8 Å². The molecule has 4 nitrogen and oxygen atoms in total. The van der Waals surface area contributed by atoms with Gasteiger partial charge in [0.25, 0.3) is 0 Å². The lowest BCUT2D eigenvalue weighted by Gasteiger charge is -2.32. The van der Waals surface area contributed by atoms with Crippen LogP contribution in [0.5, 0.6) is 0 Å². The standard InChI is InChI=1S/C16H31N3O/c1-18-14-4-5-15(18)11-19(10-7-14)9-6-13-3-2-8-16(13,17)12-20/h13-15,20H,2-12,17H2,1H3. The molecule has 1 saturated carbocycles. The summed E-state index contributed by atoms with van der Waals surface area (Å²) in [6.07, 6.45) is 8.66. The Hall–Kier alpha value is -0.160. The zero-order valence-corrected chi connectivity index (χ0v) is 12.9. The van der Waals surface area contributed by atoms with Gasteiger partial charge >= 0.3 is 0 Å². The second-order valence-electron chi connectivity index (χ2n) is 7.41. The number of aliphatic hydroxyl groups excluding tert-OH is 1. The Bertz CT molecular complexity index is 338. The minimum Gasteiger partial charge on any atom is -0.394 e. The summed E-state index contributed by atoms with van der Waals surface area (Å²) < 4.78 is 0. The van der Waals surface area contributed by atoms with Crippen molar-refractivity contribution in [3.8, 4) is 0 Å². The number of nitrogens with two attached hydrogens (primary N) is 1. The van der Waals surface area contributed by atoms with E-state index >= 15 is 0 Å². The van der Waals surface area contributed by atoms with Gasteiger partial charge in [0.2, 0.25) is 0 Å². The molecule has 0 aromatic rings. The maximum atomic E-state index is 9.55. The van der Waals surface area contributed by atoms with E-state index in [4.69, 9.17) is 5.73 Å². The summed E-state index contributed by atoms with van der Waals surface area (Å²) in [4.78, 5) is 5.26. The molecule has 3 rings (SSSR count). The molecule has 0 spiro atoms. The molecule has 4 atom stereocenters. The van der Waals surface area contributed by atoms with Gasteiger partial charge in [0, 0.05) is 24.2 Å². The van der Waals surface area contributed by atoms with Gasteiger partial charge in [0.05, 0.1) is 6.61 Å². The van der Waals surface area contributed by atoms with Crippen molar-refractivity contribution in [1.82, 2.24) is 9.80 Å². The van der Waals surface area contributed by atoms with Gasteiger partial charge in [-0.2, -0.15) is 0 Å². The third-order valence-electron chi connectivity index (χ3n) is 6.33. The van der Waals surface area contributed by atoms with Crippen molar-refractivity contribution in [2.75, 3.05) is 33.3 Å². The number of likely N-dealkylation sites (N-methyl/N-ethyl adjacent to an activating group) is 1. The summed E-state index contributed by atoms with van der Waals surface area (Å²) in [5.74, 6) is 0.519. The van der Waals surface area contributed by atoms with Crippen LogP contribution in [-0.4, -0.2) is 65.8 Å². The minimum atomic E-state index is -0.290. The molecule has 3 aliphatic rings. The Kier molecular flexibility index (Phi) is 4.37. The highest BCUT2D eigenvalue weighted by Crippen LogP contribution is 2.36. The lowest BCUT2D eigenvalue weighted by atomic mass is 9.86. The van der Waals surface area contributed by atoms with Gasteiger partial charge in [-0.1, -0.05) is 6.42 Å². The van der Waals surface area contributed by atoms with Crippen molar-refractivity contribution >= 4 is 0 Å². The fourth-order valence-corrected chi connectivity index (χ4v) is 4.73. The van der Waals surface area contributed by atoms with Crippen LogP contribution < -0.4 is 5.73 Å². The Morgan fingerprint density at radius 2 is 2.00 bits per heavy atom. The third-order valence-corrected chi connectivity index (χ3v) is 6.33. The molecule has 0 amide bonds. The summed E-state index contributed by atoms with van der Waals surface area (Å²) in [5, 5.41) is 9.55. The highest BCUT2D eigenvalue weighted by molar-refractivity contribution is 4.97. The first-order chi connectivity index (χ1) is 9.62. The van der Waals surface area contributed by atoms with Gasteiger partial charge in [0.1, 0.15) is 0 Å². The summed E-state index contributed by atoms with van der Waals surface area (Å²) in [5.41, 5.74) is 6.06. The first kappa shape index (κ1) is 14.8. The minimum absolute atomic E-state index is 0.158. The molecule has 1 aliphatic carbocycles. The van der Waals surface area contributed by atoms with Crippen LogP contribution in [0.25, 0.3) is 0 Å². The number of hydrogen-bond donors (Lipinski definition) is 2. The Morgan fingerprint density at radius 3 is 2.80 bits per heavy atom. The summed E-state index contributed by atoms with van der Waals surface area (Å²) >= 11 is 0. The lowest BCUT2D eigenvalue weighted by Crippen LogP contribution is -2.48. The number of hydrogen-bond acceptors (Lipinski definition) is 4. The van der Waals surface area contributed by atoms with Crippen LogP contribution in [0.15, 0.2) is 0 Å². The van der Waals surface area contributed by atoms with E-state index in [1.54, 1.807) is 0 Å². The number of fused-ring (bicyclic) bond motifs is 2. The molecule has 3 fully saturated rings. The molecule has 2 bridgehead atoms. The van der Waals surface area contributed by atoms with E-state index in [1.165, 1.54) is 51.7 Å². The zero-order valence-electron chi connectivity index (χ0n) is 12.9. The van der Waals surface area contributed by atoms with Crippen LogP contribution in [0, 0.1) is 5.92 Å². The Morgan fingerprint density at radius 1 is 1.20 bits per heavy atom. The van der Waals surface area contributed by atoms with E-state index in [1.807, 2.05) is 0 Å². The molecule has 2 aliphatic heterocycles. The number of rotatable bonds is 4. The second-order valence-corrected chi connectivity index (χ2v) is 7.41. The maximum absolute atomic E-state index is 9.55. The molecule has 0 aromatic heterocycles. The van der Waals surface area contributed by atoms with Gasteiger partial charge in [-0.15, -0.1) is 0 Å². The van der Waals surface area contributed by atoms with E-state index in [0.29, 0.717) is 5.92 Å². The van der Waals surface area contributed by atoms with E-state index < -0.39 is 0 Å². The average Bonchev–Trinajstić information content (AvgIpc) is 2.91. The average molecular weight is 281 g/mol. The molecule has 2 saturated heterocycles. The van der Waals surface area contributed by atoms with Crippen LogP contribution in [0.2, 0.25) is 0 Å². The number of aliphatic hydroxyl groups is 1. The summed E-state index contributed by atoms with van der Waals surface area (Å²) in [7, 11) is 2.31. The van der Waals surface area contributed by atoms with E-state index in [9.17, 15) is 5.11 Å². The molecule has 4 heteroatoms. The molecular weight excluding hydrogens is 250 g/mol. The van der Waals surface area contributed by atoms with Crippen LogP contribution >= 0.6 is 0 Å². The molecule has 0 radical (unpaired) electrons. The van der Waals surface area contributed by atoms with Gasteiger partial charge in [-0.3, -0.25) is 4.90 Å². The Balaban J connectivity index is 1.51. The fourth-order valence-electron chi connectivity index (χ4n) is 4.73. The number of likely N-dealkylation sites (tertiary alicyclic amines) is 1. The molecule has 116 valence electrons. The van der Waals surface area contributed by atoms with Gasteiger partial charge < -0.3 is 15.7 Å². The van der Waals surface area contributed by atoms with Crippen LogP contribution in [0.3, 0.4) is 0 Å². The largest absolute Gasteiger partial charge is 0.394 e. The van der Waals surface area contributed by atoms with Gasteiger partial charge in [-0.25, -0.2) is 0 Å². The highest BCUT2D eigenvalue weighted by Gasteiger charge is 2.39. The number of nitrogens with zero attached hydrogens (tertiary/aromatic N) is 2. The SMILES string of the molecule is CN1C2CCC1CN(CCC1CCCC1(N)CO)CC2. The molecular formula is C16H31N3O. The normalized spacial score (nSPS) is 43.0. The first-order valence-electron chi connectivity index (χ1n) is 8.46. The highest BCUT2D eigenvalue weighted by atomic mass is 16.3. The van der Waals surface area contributed by atoms with Crippen molar-refractivity contribution in [2.45, 2.75) is 62.6 Å². The van der Waals surface area contributed by atoms with Gasteiger partial charge in [-0.05, 0) is 64.6 Å². The van der Waals surface area contributed by atoms with Crippen molar-refractivity contribution < 1.29 is 5.11 Å². The predicted molar refractivity (Wildman–Crippen MR) is 81.6 cm³/mol.